The van der Waals surface area contributed by atoms with Gasteiger partial charge in [-0.05, 0) is 6.07 Å². The van der Waals surface area contributed by atoms with E-state index < -0.39 is 22.5 Å². The molecule has 0 heterocycles. The van der Waals surface area contributed by atoms with Gasteiger partial charge in [0.1, 0.15) is 5.82 Å². The molecule has 7 heteroatoms. The molecule has 80 valence electrons. The van der Waals surface area contributed by atoms with Gasteiger partial charge in [-0.3, -0.25) is 15.4 Å². The quantitative estimate of drug-likeness (QED) is 0.602. The molecule has 0 saturated heterocycles. The summed E-state index contributed by atoms with van der Waals surface area (Å²) in [7, 11) is 1.13. The molecule has 0 bridgehead atoms. The van der Waals surface area contributed by atoms with Crippen molar-refractivity contribution in [2.45, 2.75) is 0 Å². The van der Waals surface area contributed by atoms with Crippen LogP contribution in [0.5, 0.6) is 0 Å². The van der Waals surface area contributed by atoms with Crippen molar-refractivity contribution in [1.29, 1.82) is 0 Å². The van der Waals surface area contributed by atoms with E-state index in [4.69, 9.17) is 0 Å². The molecule has 6 nitrogen and oxygen atoms in total. The van der Waals surface area contributed by atoms with Crippen LogP contribution in [0.25, 0.3) is 0 Å². The standard InChI is InChI=1S/C8H7FN2O4/c1-15-8(12)10-6-2-5(9)3-7(4-6)11(13)14/h2-4H,1H3,(H,10,12). The van der Waals surface area contributed by atoms with Crippen LogP contribution in [-0.4, -0.2) is 18.1 Å². The summed E-state index contributed by atoms with van der Waals surface area (Å²) in [5.41, 5.74) is -0.477. The fourth-order valence-corrected chi connectivity index (χ4v) is 0.921. The molecule has 0 unspecified atom stereocenters. The van der Waals surface area contributed by atoms with Gasteiger partial charge in [0, 0.05) is 6.07 Å². The van der Waals surface area contributed by atoms with Gasteiger partial charge < -0.3 is 4.74 Å². The Morgan fingerprint density at radius 2 is 2.20 bits per heavy atom. The minimum absolute atomic E-state index is 0.0337. The fraction of sp³-hybridized carbons (Fsp3) is 0.125. The Kier molecular flexibility index (Phi) is 3.17. The van der Waals surface area contributed by atoms with E-state index in [1.807, 2.05) is 0 Å². The van der Waals surface area contributed by atoms with E-state index in [-0.39, 0.29) is 5.69 Å². The van der Waals surface area contributed by atoms with E-state index in [9.17, 15) is 19.3 Å². The van der Waals surface area contributed by atoms with Gasteiger partial charge in [0.25, 0.3) is 5.69 Å². The average Bonchev–Trinajstić information content (AvgIpc) is 2.16. The van der Waals surface area contributed by atoms with Crippen molar-refractivity contribution in [2.24, 2.45) is 0 Å². The summed E-state index contributed by atoms with van der Waals surface area (Å²) >= 11 is 0. The van der Waals surface area contributed by atoms with Gasteiger partial charge in [-0.1, -0.05) is 0 Å². The molecule has 0 radical (unpaired) electrons. The number of carbonyl (C=O) groups excluding carboxylic acids is 1. The van der Waals surface area contributed by atoms with Crippen LogP contribution in [0.2, 0.25) is 0 Å². The van der Waals surface area contributed by atoms with Gasteiger partial charge in [0.05, 0.1) is 23.8 Å². The number of rotatable bonds is 2. The van der Waals surface area contributed by atoms with Crippen molar-refractivity contribution in [3.8, 4) is 0 Å². The van der Waals surface area contributed by atoms with Crippen molar-refractivity contribution in [2.75, 3.05) is 12.4 Å². The number of carbonyl (C=O) groups is 1. The molecule has 1 amide bonds. The fourth-order valence-electron chi connectivity index (χ4n) is 0.921. The number of methoxy groups -OCH3 is 1. The lowest BCUT2D eigenvalue weighted by Gasteiger charge is -2.03. The Balaban J connectivity index is 2.98. The molecule has 1 N–H and O–H groups in total. The van der Waals surface area contributed by atoms with E-state index in [0.29, 0.717) is 0 Å². The number of halogens is 1. The summed E-state index contributed by atoms with van der Waals surface area (Å²) < 4.78 is 17.1. The van der Waals surface area contributed by atoms with Crippen LogP contribution in [0.3, 0.4) is 0 Å². The highest BCUT2D eigenvalue weighted by atomic mass is 19.1. The number of nitro benzene ring substituents is 1. The zero-order valence-electron chi connectivity index (χ0n) is 7.69. The highest BCUT2D eigenvalue weighted by molar-refractivity contribution is 5.84. The summed E-state index contributed by atoms with van der Waals surface area (Å²) in [6.45, 7) is 0. The topological polar surface area (TPSA) is 81.5 Å². The molecular weight excluding hydrogens is 207 g/mol. The molecule has 0 aliphatic heterocycles. The largest absolute Gasteiger partial charge is 0.453 e. The third-order valence-corrected chi connectivity index (χ3v) is 1.53. The lowest BCUT2D eigenvalue weighted by atomic mass is 10.3. The number of hydrogen-bond acceptors (Lipinski definition) is 4. The van der Waals surface area contributed by atoms with Gasteiger partial charge in [0.2, 0.25) is 0 Å². The van der Waals surface area contributed by atoms with Crippen molar-refractivity contribution in [3.63, 3.8) is 0 Å². The second kappa shape index (κ2) is 4.36. The Morgan fingerprint density at radius 1 is 1.53 bits per heavy atom. The first-order chi connectivity index (χ1) is 7.02. The zero-order valence-corrected chi connectivity index (χ0v) is 7.69. The number of hydrogen-bond donors (Lipinski definition) is 1. The van der Waals surface area contributed by atoms with Gasteiger partial charge in [-0.2, -0.15) is 0 Å². The Hall–Kier alpha value is -2.18. The lowest BCUT2D eigenvalue weighted by molar-refractivity contribution is -0.385. The molecule has 1 aromatic rings. The second-order valence-electron chi connectivity index (χ2n) is 2.57. The van der Waals surface area contributed by atoms with Crippen LogP contribution in [0.4, 0.5) is 20.6 Å². The van der Waals surface area contributed by atoms with Gasteiger partial charge >= 0.3 is 6.09 Å². The minimum atomic E-state index is -0.824. The molecular formula is C8H7FN2O4. The normalized spacial score (nSPS) is 9.47. The zero-order chi connectivity index (χ0) is 11.4. The number of non-ortho nitro benzene ring substituents is 1. The van der Waals surface area contributed by atoms with Crippen LogP contribution in [0.15, 0.2) is 18.2 Å². The van der Waals surface area contributed by atoms with E-state index in [1.54, 1.807) is 0 Å². The van der Waals surface area contributed by atoms with Gasteiger partial charge in [0.15, 0.2) is 0 Å². The number of nitrogens with zero attached hydrogens (tertiary/aromatic N) is 1. The predicted molar refractivity (Wildman–Crippen MR) is 49.1 cm³/mol. The van der Waals surface area contributed by atoms with E-state index >= 15 is 0 Å². The maximum atomic E-state index is 12.8. The number of nitrogens with one attached hydrogen (secondary N) is 1. The van der Waals surface area contributed by atoms with Crippen LogP contribution >= 0.6 is 0 Å². The van der Waals surface area contributed by atoms with E-state index in [1.165, 1.54) is 0 Å². The number of nitro groups is 1. The van der Waals surface area contributed by atoms with Crippen LogP contribution in [-0.2, 0) is 4.74 Å². The van der Waals surface area contributed by atoms with E-state index in [2.05, 4.69) is 10.1 Å². The smallest absolute Gasteiger partial charge is 0.411 e. The summed E-state index contributed by atoms with van der Waals surface area (Å²) in [5.74, 6) is -0.810. The Labute approximate surface area is 83.8 Å². The molecule has 0 aliphatic rings. The van der Waals surface area contributed by atoms with Gasteiger partial charge in [-0.25, -0.2) is 9.18 Å². The second-order valence-corrected chi connectivity index (χ2v) is 2.57. The maximum Gasteiger partial charge on any atom is 0.411 e. The minimum Gasteiger partial charge on any atom is -0.453 e. The predicted octanol–water partition coefficient (Wildman–Crippen LogP) is 1.91. The molecule has 0 spiro atoms. The van der Waals surface area contributed by atoms with Gasteiger partial charge in [-0.15, -0.1) is 0 Å². The molecule has 1 aromatic carbocycles. The highest BCUT2D eigenvalue weighted by Gasteiger charge is 2.11. The molecule has 0 aromatic heterocycles. The SMILES string of the molecule is COC(=O)Nc1cc(F)cc([N+](=O)[O-])c1. The van der Waals surface area contributed by atoms with Crippen LogP contribution < -0.4 is 5.32 Å². The monoisotopic (exact) mass is 214 g/mol. The summed E-state index contributed by atoms with van der Waals surface area (Å²) in [5, 5.41) is 12.5. The number of amides is 1. The summed E-state index contributed by atoms with van der Waals surface area (Å²) in [4.78, 5) is 20.3. The third kappa shape index (κ3) is 2.90. The number of benzene rings is 1. The number of ether oxygens (including phenoxy) is 1. The summed E-state index contributed by atoms with van der Waals surface area (Å²) in [6.07, 6.45) is -0.824. The van der Waals surface area contributed by atoms with E-state index in [0.717, 1.165) is 25.3 Å². The molecule has 1 rings (SSSR count). The first-order valence-electron chi connectivity index (χ1n) is 3.83. The molecule has 0 aliphatic carbocycles. The first-order valence-corrected chi connectivity index (χ1v) is 3.83. The average molecular weight is 214 g/mol. The number of anilines is 1. The molecule has 0 saturated carbocycles. The van der Waals surface area contributed by atoms with Crippen LogP contribution in [0, 0.1) is 15.9 Å². The van der Waals surface area contributed by atoms with Crippen molar-refractivity contribution >= 4 is 17.5 Å². The molecule has 0 atom stereocenters. The van der Waals surface area contributed by atoms with Crippen LogP contribution in [0.1, 0.15) is 0 Å². The van der Waals surface area contributed by atoms with Crippen molar-refractivity contribution in [1.82, 2.24) is 0 Å². The first kappa shape index (κ1) is 10.9. The summed E-state index contributed by atoms with van der Waals surface area (Å²) in [6, 6.07) is 2.73. The molecule has 15 heavy (non-hydrogen) atoms. The Bertz CT molecular complexity index is 408. The highest BCUT2D eigenvalue weighted by Crippen LogP contribution is 2.19. The lowest BCUT2D eigenvalue weighted by Crippen LogP contribution is -2.11. The third-order valence-electron chi connectivity index (χ3n) is 1.53. The van der Waals surface area contributed by atoms with Crippen molar-refractivity contribution < 1.29 is 18.8 Å². The molecule has 0 fully saturated rings. The Morgan fingerprint density at radius 3 is 2.73 bits per heavy atom. The van der Waals surface area contributed by atoms with Crippen molar-refractivity contribution in [3.05, 3.63) is 34.1 Å². The maximum absolute atomic E-state index is 12.8.